The van der Waals surface area contributed by atoms with Gasteiger partial charge in [0.15, 0.2) is 0 Å². The van der Waals surface area contributed by atoms with E-state index in [1.807, 2.05) is 12.1 Å². The summed E-state index contributed by atoms with van der Waals surface area (Å²) in [7, 11) is 0. The van der Waals surface area contributed by atoms with E-state index in [2.05, 4.69) is 23.3 Å². The predicted octanol–water partition coefficient (Wildman–Crippen LogP) is 2.62. The van der Waals surface area contributed by atoms with Gasteiger partial charge in [-0.25, -0.2) is 4.98 Å². The van der Waals surface area contributed by atoms with Crippen LogP contribution in [0.15, 0.2) is 18.3 Å². The van der Waals surface area contributed by atoms with E-state index in [0.29, 0.717) is 11.7 Å². The van der Waals surface area contributed by atoms with E-state index < -0.39 is 0 Å². The normalized spacial score (nSPS) is 24.2. The van der Waals surface area contributed by atoms with Crippen molar-refractivity contribution in [3.63, 3.8) is 0 Å². The molecule has 1 aromatic heterocycles. The number of nitrogens with zero attached hydrogens (tertiary/aromatic N) is 2. The van der Waals surface area contributed by atoms with Crippen molar-refractivity contribution in [1.29, 1.82) is 5.26 Å². The van der Waals surface area contributed by atoms with E-state index in [0.717, 1.165) is 18.0 Å². The Hall–Kier alpha value is -1.40. The molecule has 2 atom stereocenters. The van der Waals surface area contributed by atoms with Crippen LogP contribution in [-0.2, 0) is 6.54 Å². The topological polar surface area (TPSA) is 48.7 Å². The number of nitrogens with one attached hydrogen (secondary N) is 1. The van der Waals surface area contributed by atoms with Gasteiger partial charge >= 0.3 is 0 Å². The Kier molecular flexibility index (Phi) is 4.11. The summed E-state index contributed by atoms with van der Waals surface area (Å²) >= 11 is 0. The number of rotatable bonds is 3. The smallest absolute Gasteiger partial charge is 0.144 e. The fourth-order valence-corrected chi connectivity index (χ4v) is 2.56. The molecule has 0 bridgehead atoms. The van der Waals surface area contributed by atoms with Crippen LogP contribution >= 0.6 is 0 Å². The van der Waals surface area contributed by atoms with Crippen LogP contribution in [-0.4, -0.2) is 11.0 Å². The van der Waals surface area contributed by atoms with Crippen LogP contribution in [0.4, 0.5) is 0 Å². The van der Waals surface area contributed by atoms with Crippen LogP contribution in [0.2, 0.25) is 0 Å². The van der Waals surface area contributed by atoms with E-state index >= 15 is 0 Å². The maximum Gasteiger partial charge on any atom is 0.144 e. The minimum absolute atomic E-state index is 0.545. The summed E-state index contributed by atoms with van der Waals surface area (Å²) in [5, 5.41) is 12.5. The molecular weight excluding hydrogens is 210 g/mol. The molecule has 1 aromatic rings. The van der Waals surface area contributed by atoms with Crippen LogP contribution in [0.25, 0.3) is 0 Å². The second-order valence-corrected chi connectivity index (χ2v) is 4.97. The number of pyridine rings is 1. The van der Waals surface area contributed by atoms with Crippen molar-refractivity contribution >= 4 is 0 Å². The van der Waals surface area contributed by atoms with Gasteiger partial charge in [0.1, 0.15) is 11.8 Å². The Morgan fingerprint density at radius 2 is 2.41 bits per heavy atom. The van der Waals surface area contributed by atoms with Gasteiger partial charge in [-0.05, 0) is 24.8 Å². The van der Waals surface area contributed by atoms with E-state index in [1.165, 1.54) is 25.7 Å². The molecule has 3 nitrogen and oxygen atoms in total. The highest BCUT2D eigenvalue weighted by molar-refractivity contribution is 5.30. The lowest BCUT2D eigenvalue weighted by molar-refractivity contribution is 0.300. The molecular formula is C14H19N3. The molecule has 1 aliphatic carbocycles. The van der Waals surface area contributed by atoms with E-state index in [4.69, 9.17) is 5.26 Å². The van der Waals surface area contributed by atoms with Crippen LogP contribution in [0, 0.1) is 17.2 Å². The van der Waals surface area contributed by atoms with Crippen LogP contribution in [0.1, 0.15) is 43.9 Å². The Bertz CT molecular complexity index is 408. The van der Waals surface area contributed by atoms with Crippen molar-refractivity contribution in [1.82, 2.24) is 10.3 Å². The van der Waals surface area contributed by atoms with Gasteiger partial charge in [0.25, 0.3) is 0 Å². The average Bonchev–Trinajstić information content (AvgIpc) is 2.37. The van der Waals surface area contributed by atoms with Gasteiger partial charge in [0.2, 0.25) is 0 Å². The second-order valence-electron chi connectivity index (χ2n) is 4.97. The average molecular weight is 229 g/mol. The first-order valence-electron chi connectivity index (χ1n) is 6.37. The molecule has 2 unspecified atom stereocenters. The first kappa shape index (κ1) is 12.1. The first-order valence-corrected chi connectivity index (χ1v) is 6.37. The molecule has 1 saturated carbocycles. The summed E-state index contributed by atoms with van der Waals surface area (Å²) in [6.07, 6.45) is 6.85. The van der Waals surface area contributed by atoms with Crippen LogP contribution < -0.4 is 5.32 Å². The molecule has 1 N–H and O–H groups in total. The van der Waals surface area contributed by atoms with Gasteiger partial charge in [-0.1, -0.05) is 25.8 Å². The molecule has 0 spiro atoms. The second kappa shape index (κ2) is 5.79. The number of aromatic nitrogens is 1. The Labute approximate surface area is 103 Å². The van der Waals surface area contributed by atoms with E-state index in [9.17, 15) is 0 Å². The highest BCUT2D eigenvalue weighted by Crippen LogP contribution is 2.23. The number of nitriles is 1. The summed E-state index contributed by atoms with van der Waals surface area (Å²) < 4.78 is 0. The lowest BCUT2D eigenvalue weighted by Gasteiger charge is -2.27. The Balaban J connectivity index is 1.91. The number of hydrogen-bond donors (Lipinski definition) is 1. The zero-order valence-electron chi connectivity index (χ0n) is 10.3. The van der Waals surface area contributed by atoms with Gasteiger partial charge in [0.05, 0.1) is 0 Å². The molecule has 0 amide bonds. The van der Waals surface area contributed by atoms with E-state index in [-0.39, 0.29) is 0 Å². The molecule has 90 valence electrons. The van der Waals surface area contributed by atoms with Crippen LogP contribution in [0.5, 0.6) is 0 Å². The van der Waals surface area contributed by atoms with Crippen molar-refractivity contribution in [2.75, 3.05) is 0 Å². The van der Waals surface area contributed by atoms with Crippen molar-refractivity contribution in [2.45, 2.75) is 45.2 Å². The predicted molar refractivity (Wildman–Crippen MR) is 67.2 cm³/mol. The maximum absolute atomic E-state index is 8.96. The quantitative estimate of drug-likeness (QED) is 0.866. The van der Waals surface area contributed by atoms with Gasteiger partial charge in [-0.2, -0.15) is 5.26 Å². The molecule has 0 saturated heterocycles. The third-order valence-corrected chi connectivity index (χ3v) is 3.51. The summed E-state index contributed by atoms with van der Waals surface area (Å²) in [4.78, 5) is 4.07. The van der Waals surface area contributed by atoms with Gasteiger partial charge in [-0.3, -0.25) is 0 Å². The highest BCUT2D eigenvalue weighted by Gasteiger charge is 2.18. The SMILES string of the molecule is CC1CCCC(NCc2cccnc2C#N)C1. The van der Waals surface area contributed by atoms with Gasteiger partial charge in [0, 0.05) is 24.3 Å². The lowest BCUT2D eigenvalue weighted by atomic mass is 9.87. The van der Waals surface area contributed by atoms with Crippen LogP contribution in [0.3, 0.4) is 0 Å². The monoisotopic (exact) mass is 229 g/mol. The molecule has 0 aliphatic heterocycles. The zero-order valence-corrected chi connectivity index (χ0v) is 10.3. The molecule has 1 heterocycles. The molecule has 3 heteroatoms. The van der Waals surface area contributed by atoms with Crippen molar-refractivity contribution in [3.8, 4) is 6.07 Å². The van der Waals surface area contributed by atoms with Gasteiger partial charge in [-0.15, -0.1) is 0 Å². The van der Waals surface area contributed by atoms with Gasteiger partial charge < -0.3 is 5.32 Å². The number of hydrogen-bond acceptors (Lipinski definition) is 3. The minimum atomic E-state index is 0.545. The maximum atomic E-state index is 8.96. The Morgan fingerprint density at radius 1 is 1.53 bits per heavy atom. The third kappa shape index (κ3) is 3.28. The Morgan fingerprint density at radius 3 is 3.18 bits per heavy atom. The first-order chi connectivity index (χ1) is 8.29. The fourth-order valence-electron chi connectivity index (χ4n) is 2.56. The van der Waals surface area contributed by atoms with Crippen molar-refractivity contribution in [2.24, 2.45) is 5.92 Å². The standard InChI is InChI=1S/C14H19N3/c1-11-4-2-6-13(8-11)17-10-12-5-3-7-16-14(12)9-15/h3,5,7,11,13,17H,2,4,6,8,10H2,1H3. The van der Waals surface area contributed by atoms with Crippen molar-refractivity contribution < 1.29 is 0 Å². The highest BCUT2D eigenvalue weighted by atomic mass is 14.9. The molecule has 1 aliphatic rings. The summed E-state index contributed by atoms with van der Waals surface area (Å²) in [6, 6.07) is 6.61. The summed E-state index contributed by atoms with van der Waals surface area (Å²) in [6.45, 7) is 3.08. The lowest BCUT2D eigenvalue weighted by Crippen LogP contribution is -2.33. The zero-order chi connectivity index (χ0) is 12.1. The third-order valence-electron chi connectivity index (χ3n) is 3.51. The minimum Gasteiger partial charge on any atom is -0.310 e. The van der Waals surface area contributed by atoms with Crippen molar-refractivity contribution in [3.05, 3.63) is 29.6 Å². The summed E-state index contributed by atoms with van der Waals surface area (Å²) in [5.41, 5.74) is 1.55. The molecule has 0 radical (unpaired) electrons. The molecule has 2 rings (SSSR count). The molecule has 0 aromatic carbocycles. The molecule has 1 fully saturated rings. The van der Waals surface area contributed by atoms with E-state index in [1.54, 1.807) is 6.20 Å². The molecule has 17 heavy (non-hydrogen) atoms. The summed E-state index contributed by atoms with van der Waals surface area (Å²) in [5.74, 6) is 0.825. The fraction of sp³-hybridized carbons (Fsp3) is 0.571. The largest absolute Gasteiger partial charge is 0.310 e.